The third-order valence-corrected chi connectivity index (χ3v) is 6.76. The van der Waals surface area contributed by atoms with E-state index in [0.717, 1.165) is 55.4 Å². The van der Waals surface area contributed by atoms with Crippen molar-refractivity contribution in [3.63, 3.8) is 0 Å². The highest BCUT2D eigenvalue weighted by atomic mass is 16.2. The van der Waals surface area contributed by atoms with Gasteiger partial charge in [0.25, 0.3) is 5.91 Å². The molecule has 32 heavy (non-hydrogen) atoms. The van der Waals surface area contributed by atoms with Gasteiger partial charge in [-0.1, -0.05) is 12.8 Å². The van der Waals surface area contributed by atoms with E-state index in [1.165, 1.54) is 18.4 Å². The molecular weight excluding hydrogens is 402 g/mol. The lowest BCUT2D eigenvalue weighted by Crippen LogP contribution is -2.26. The summed E-state index contributed by atoms with van der Waals surface area (Å²) in [5, 5.41) is 7.63. The van der Waals surface area contributed by atoms with Gasteiger partial charge in [0.05, 0.1) is 5.52 Å². The number of rotatable bonds is 5. The molecule has 8 heteroatoms. The molecule has 0 spiro atoms. The maximum atomic E-state index is 12.9. The molecule has 8 nitrogen and oxygen atoms in total. The fourth-order valence-corrected chi connectivity index (χ4v) is 5.02. The Morgan fingerprint density at radius 2 is 1.75 bits per heavy atom. The maximum Gasteiger partial charge on any atom is 0.270 e. The molecule has 2 N–H and O–H groups in total. The number of hydrogen-bond acceptors (Lipinski definition) is 6. The van der Waals surface area contributed by atoms with Crippen molar-refractivity contribution in [1.29, 1.82) is 0 Å². The fraction of sp³-hybridized carbons (Fsp3) is 0.500. The minimum absolute atomic E-state index is 0.0273. The number of piperidine rings is 1. The van der Waals surface area contributed by atoms with Crippen LogP contribution >= 0.6 is 0 Å². The molecule has 1 aliphatic heterocycles. The van der Waals surface area contributed by atoms with Crippen molar-refractivity contribution in [2.24, 2.45) is 0 Å². The van der Waals surface area contributed by atoms with Crippen LogP contribution in [0.3, 0.4) is 0 Å². The molecule has 0 bridgehead atoms. The number of nitrogens with one attached hydrogen (secondary N) is 2. The average Bonchev–Trinajstić information content (AvgIpc) is 3.47. The molecule has 168 valence electrons. The van der Waals surface area contributed by atoms with Crippen molar-refractivity contribution in [3.8, 4) is 0 Å². The van der Waals surface area contributed by atoms with E-state index in [-0.39, 0.29) is 5.91 Å². The average molecular weight is 434 g/mol. The van der Waals surface area contributed by atoms with Crippen LogP contribution in [-0.2, 0) is 0 Å². The Morgan fingerprint density at radius 1 is 1.03 bits per heavy atom. The van der Waals surface area contributed by atoms with Crippen LogP contribution in [0.5, 0.6) is 0 Å². The van der Waals surface area contributed by atoms with Crippen LogP contribution in [0.2, 0.25) is 0 Å². The van der Waals surface area contributed by atoms with E-state index in [2.05, 4.69) is 30.2 Å². The van der Waals surface area contributed by atoms with E-state index in [0.29, 0.717) is 23.7 Å². The molecule has 1 aliphatic carbocycles. The van der Waals surface area contributed by atoms with Crippen LogP contribution < -0.4 is 10.6 Å². The van der Waals surface area contributed by atoms with Gasteiger partial charge in [0.2, 0.25) is 5.95 Å². The van der Waals surface area contributed by atoms with Gasteiger partial charge in [-0.15, -0.1) is 0 Å². The highest BCUT2D eigenvalue weighted by Gasteiger charge is 2.25. The number of carbonyl (C=O) groups excluding carboxylic acids is 1. The standard InChI is InChI=1S/C24H31N7O/c1-30(2)23(32)21-11-17-13-26-22(12-20(17)31(21)19-5-3-4-6-19)29-24-27-14-18(15-28-24)16-7-9-25-10-8-16/h11-16,19,25H,3-10H2,1-2H3,(H,26,27,28,29). The Kier molecular flexibility index (Phi) is 5.78. The lowest BCUT2D eigenvalue weighted by molar-refractivity contribution is 0.0815. The molecule has 3 aromatic rings. The second-order valence-electron chi connectivity index (χ2n) is 9.16. The van der Waals surface area contributed by atoms with Gasteiger partial charge in [-0.25, -0.2) is 15.0 Å². The number of fused-ring (bicyclic) bond motifs is 1. The topological polar surface area (TPSA) is 88.0 Å². The highest BCUT2D eigenvalue weighted by molar-refractivity contribution is 5.99. The summed E-state index contributed by atoms with van der Waals surface area (Å²) in [5.74, 6) is 1.79. The summed E-state index contributed by atoms with van der Waals surface area (Å²) in [7, 11) is 3.60. The molecule has 0 aromatic carbocycles. The van der Waals surface area contributed by atoms with E-state index in [1.807, 2.05) is 30.7 Å². The van der Waals surface area contributed by atoms with Gasteiger partial charge in [-0.3, -0.25) is 4.79 Å². The van der Waals surface area contributed by atoms with Gasteiger partial charge < -0.3 is 20.1 Å². The third kappa shape index (κ3) is 4.07. The molecule has 1 amide bonds. The number of hydrogen-bond donors (Lipinski definition) is 2. The number of amides is 1. The first-order chi connectivity index (χ1) is 15.6. The number of carbonyl (C=O) groups is 1. The van der Waals surface area contributed by atoms with Crippen LogP contribution in [0.25, 0.3) is 10.9 Å². The molecule has 2 fully saturated rings. The zero-order valence-corrected chi connectivity index (χ0v) is 18.8. The van der Waals surface area contributed by atoms with Gasteiger partial charge in [0.15, 0.2) is 0 Å². The van der Waals surface area contributed by atoms with Crippen molar-refractivity contribution < 1.29 is 4.79 Å². The van der Waals surface area contributed by atoms with Gasteiger partial charge in [-0.05, 0) is 56.3 Å². The minimum Gasteiger partial charge on any atom is -0.343 e. The molecule has 5 rings (SSSR count). The van der Waals surface area contributed by atoms with Crippen molar-refractivity contribution >= 4 is 28.6 Å². The second kappa shape index (κ2) is 8.86. The molecule has 1 saturated carbocycles. The predicted octanol–water partition coefficient (Wildman–Crippen LogP) is 3.85. The summed E-state index contributed by atoms with van der Waals surface area (Å²) >= 11 is 0. The van der Waals surface area contributed by atoms with E-state index in [1.54, 1.807) is 19.0 Å². The van der Waals surface area contributed by atoms with Crippen LogP contribution in [0.15, 0.2) is 30.7 Å². The van der Waals surface area contributed by atoms with Crippen LogP contribution in [0.1, 0.15) is 66.5 Å². The monoisotopic (exact) mass is 433 g/mol. The largest absolute Gasteiger partial charge is 0.343 e. The van der Waals surface area contributed by atoms with Gasteiger partial charge >= 0.3 is 0 Å². The summed E-state index contributed by atoms with van der Waals surface area (Å²) in [6, 6.07) is 4.34. The summed E-state index contributed by atoms with van der Waals surface area (Å²) < 4.78 is 2.22. The van der Waals surface area contributed by atoms with Gasteiger partial charge in [0, 0.05) is 50.2 Å². The zero-order valence-electron chi connectivity index (χ0n) is 18.8. The number of nitrogens with zero attached hydrogens (tertiary/aromatic N) is 5. The second-order valence-corrected chi connectivity index (χ2v) is 9.16. The highest BCUT2D eigenvalue weighted by Crippen LogP contribution is 2.36. The van der Waals surface area contributed by atoms with Crippen molar-refractivity contribution in [1.82, 2.24) is 29.7 Å². The summed E-state index contributed by atoms with van der Waals surface area (Å²) in [5.41, 5.74) is 2.96. The van der Waals surface area contributed by atoms with Gasteiger partial charge in [0.1, 0.15) is 11.5 Å². The van der Waals surface area contributed by atoms with Crippen molar-refractivity contribution in [2.45, 2.75) is 50.5 Å². The Morgan fingerprint density at radius 3 is 2.44 bits per heavy atom. The Balaban J connectivity index is 1.43. The summed E-state index contributed by atoms with van der Waals surface area (Å²) in [6.45, 7) is 2.10. The van der Waals surface area contributed by atoms with E-state index >= 15 is 0 Å². The Hall–Kier alpha value is -3.00. The number of pyridine rings is 1. The molecule has 1 saturated heterocycles. The first-order valence-corrected chi connectivity index (χ1v) is 11.6. The van der Waals surface area contributed by atoms with Crippen LogP contribution in [0, 0.1) is 0 Å². The van der Waals surface area contributed by atoms with Gasteiger partial charge in [-0.2, -0.15) is 0 Å². The SMILES string of the molecule is CN(C)C(=O)c1cc2cnc(Nc3ncc(C4CCNCC4)cn3)cc2n1C1CCCC1. The lowest BCUT2D eigenvalue weighted by atomic mass is 9.92. The minimum atomic E-state index is 0.0273. The van der Waals surface area contributed by atoms with E-state index in [9.17, 15) is 4.79 Å². The first-order valence-electron chi connectivity index (χ1n) is 11.6. The van der Waals surface area contributed by atoms with Crippen LogP contribution in [-0.4, -0.2) is 57.5 Å². The number of anilines is 2. The normalized spacial score (nSPS) is 17.7. The molecule has 3 aromatic heterocycles. The molecular formula is C24H31N7O. The zero-order chi connectivity index (χ0) is 22.1. The van der Waals surface area contributed by atoms with Crippen molar-refractivity contribution in [3.05, 3.63) is 42.0 Å². The summed E-state index contributed by atoms with van der Waals surface area (Å²) in [4.78, 5) is 28.2. The van der Waals surface area contributed by atoms with E-state index in [4.69, 9.17) is 0 Å². The smallest absolute Gasteiger partial charge is 0.270 e. The predicted molar refractivity (Wildman–Crippen MR) is 125 cm³/mol. The molecule has 0 unspecified atom stereocenters. The Bertz CT molecular complexity index is 1090. The fourth-order valence-electron chi connectivity index (χ4n) is 5.02. The Labute approximate surface area is 188 Å². The molecule has 0 radical (unpaired) electrons. The maximum absolute atomic E-state index is 12.9. The molecule has 2 aliphatic rings. The quantitative estimate of drug-likeness (QED) is 0.635. The number of aromatic nitrogens is 4. The molecule has 4 heterocycles. The lowest BCUT2D eigenvalue weighted by Gasteiger charge is -2.22. The third-order valence-electron chi connectivity index (χ3n) is 6.76. The van der Waals surface area contributed by atoms with Crippen LogP contribution in [0.4, 0.5) is 11.8 Å². The van der Waals surface area contributed by atoms with Crippen molar-refractivity contribution in [2.75, 3.05) is 32.5 Å². The summed E-state index contributed by atoms with van der Waals surface area (Å²) in [6.07, 6.45) is 12.5. The van der Waals surface area contributed by atoms with E-state index < -0.39 is 0 Å². The molecule has 0 atom stereocenters. The first kappa shape index (κ1) is 20.9.